The van der Waals surface area contributed by atoms with Gasteiger partial charge in [0.2, 0.25) is 0 Å². The lowest BCUT2D eigenvalue weighted by Crippen LogP contribution is -2.51. The number of hydrogen-bond donors (Lipinski definition) is 3. The molecular formula is C55H61N9O7S2. The highest BCUT2D eigenvalue weighted by molar-refractivity contribution is 8.76. The number of nitrogens with zero attached hydrogens (tertiary/aromatic N) is 6. The van der Waals surface area contributed by atoms with Crippen LogP contribution in [0.5, 0.6) is 11.5 Å². The van der Waals surface area contributed by atoms with E-state index in [1.165, 1.54) is 12.8 Å². The summed E-state index contributed by atoms with van der Waals surface area (Å²) in [7, 11) is 6.95. The molecule has 73 heavy (non-hydrogen) atoms. The number of methoxy groups -OCH3 is 1. The molecule has 3 saturated heterocycles. The van der Waals surface area contributed by atoms with E-state index in [0.717, 1.165) is 93.5 Å². The third-order valence-corrected chi connectivity index (χ3v) is 15.8. The van der Waals surface area contributed by atoms with Crippen LogP contribution in [0.25, 0.3) is 44.8 Å². The van der Waals surface area contributed by atoms with Gasteiger partial charge in [-0.1, -0.05) is 76.2 Å². The number of aromatic amines is 2. The number of rotatable bonds is 19. The zero-order chi connectivity index (χ0) is 50.3. The van der Waals surface area contributed by atoms with Gasteiger partial charge in [0, 0.05) is 85.0 Å². The molecule has 18 heteroatoms. The number of nitrogens with one attached hydrogen (secondary N) is 2. The second-order valence-electron chi connectivity index (χ2n) is 18.5. The van der Waals surface area contributed by atoms with Crippen LogP contribution in [-0.4, -0.2) is 151 Å². The third-order valence-electron chi connectivity index (χ3n) is 13.4. The van der Waals surface area contributed by atoms with Crippen molar-refractivity contribution in [1.82, 2.24) is 34.6 Å². The number of carbonyl (C=O) groups is 2. The summed E-state index contributed by atoms with van der Waals surface area (Å²) in [6.45, 7) is 11.0. The number of carbonyl (C=O) groups excluding carboxylic acids is 2. The van der Waals surface area contributed by atoms with Crippen molar-refractivity contribution in [3.8, 4) is 34.3 Å². The molecule has 3 fully saturated rings. The number of likely N-dealkylation sites (tertiary alicyclic amines) is 1. The fourth-order valence-corrected chi connectivity index (χ4v) is 11.3. The van der Waals surface area contributed by atoms with Gasteiger partial charge in [-0.2, -0.15) is 0 Å². The number of nitrogen functional groups attached to an aromatic ring is 1. The largest absolute Gasteiger partial charge is 0.493 e. The van der Waals surface area contributed by atoms with Crippen molar-refractivity contribution < 1.29 is 33.3 Å². The van der Waals surface area contributed by atoms with Crippen LogP contribution in [-0.2, 0) is 20.6 Å². The van der Waals surface area contributed by atoms with Crippen molar-refractivity contribution in [2.75, 3.05) is 103 Å². The van der Waals surface area contributed by atoms with E-state index < -0.39 is 18.4 Å². The topological polar surface area (TPSA) is 177 Å². The van der Waals surface area contributed by atoms with Gasteiger partial charge in [-0.05, 0) is 80.1 Å². The first kappa shape index (κ1) is 49.9. The van der Waals surface area contributed by atoms with Crippen LogP contribution < -0.4 is 20.1 Å². The van der Waals surface area contributed by atoms with E-state index >= 15 is 0 Å². The van der Waals surface area contributed by atoms with Crippen molar-refractivity contribution in [2.45, 2.75) is 36.4 Å². The standard InChI is InChI=1S/C55H61N9O7S2/c1-36-30-48(54-63(23-27-70-54)55(66)71-28-29-72-73-41-8-5-4-6-9-41)64(35-36)53(65)42-33-49(67-3)50(34-43(42)56)69-25-7-24-68-26-18-37-10-12-38(13-11-37)51-57-44-16-14-39(31-46(44)59-51)52-58-45-17-15-40(32-47(45)60-52)62-21-19-61(2)20-22-62/h4-6,8-17,31-34,48,54H,1,7,18-30,35,56H2,2-3H3,(H,57,59)(H,58,60)/t48-,54?/m0/s1. The van der Waals surface area contributed by atoms with E-state index in [-0.39, 0.29) is 23.8 Å². The second-order valence-corrected chi connectivity index (χ2v) is 21.0. The minimum Gasteiger partial charge on any atom is -0.493 e. The summed E-state index contributed by atoms with van der Waals surface area (Å²) in [6, 6.07) is 33.9. The van der Waals surface area contributed by atoms with Gasteiger partial charge in [0.1, 0.15) is 18.3 Å². The van der Waals surface area contributed by atoms with Crippen molar-refractivity contribution in [2.24, 2.45) is 0 Å². The highest BCUT2D eigenvalue weighted by Crippen LogP contribution is 2.37. The molecule has 5 heterocycles. The number of fused-ring (bicyclic) bond motifs is 2. The number of nitrogens with two attached hydrogens (primary N) is 1. The zero-order valence-electron chi connectivity index (χ0n) is 41.2. The van der Waals surface area contributed by atoms with E-state index in [1.807, 2.05) is 36.4 Å². The number of piperazine rings is 1. The molecule has 2 amide bonds. The summed E-state index contributed by atoms with van der Waals surface area (Å²) in [5, 5.41) is 0. The summed E-state index contributed by atoms with van der Waals surface area (Å²) < 4.78 is 29.4. The fourth-order valence-electron chi connectivity index (χ4n) is 9.48. The normalized spacial score (nSPS) is 17.3. The Hall–Kier alpha value is -6.70. The van der Waals surface area contributed by atoms with Crippen LogP contribution in [0.3, 0.4) is 0 Å². The molecule has 5 aromatic carbocycles. The maximum atomic E-state index is 14.2. The molecule has 3 aliphatic heterocycles. The van der Waals surface area contributed by atoms with Crippen LogP contribution in [0.2, 0.25) is 0 Å². The Morgan fingerprint density at radius 1 is 0.808 bits per heavy atom. The van der Waals surface area contributed by atoms with Crippen molar-refractivity contribution in [1.29, 1.82) is 0 Å². The third kappa shape index (κ3) is 11.7. The predicted molar refractivity (Wildman–Crippen MR) is 290 cm³/mol. The SMILES string of the molecule is C=C1C[C@@H](C2OCCN2C(=O)OCCSSc2ccccc2)N(C(=O)c2cc(OC)c(OCCCOCCc3ccc(-c4nc5ccc(-c6nc7ccc(N8CCN(C)CC8)cc7[nH]6)cc5[nH]4)cc3)cc2N)C1. The lowest BCUT2D eigenvalue weighted by Gasteiger charge is -2.34. The summed E-state index contributed by atoms with van der Waals surface area (Å²) in [6.07, 6.45) is 0.716. The molecular weight excluding hydrogens is 963 g/mol. The second kappa shape index (κ2) is 23.0. The van der Waals surface area contributed by atoms with Gasteiger partial charge >= 0.3 is 6.09 Å². The Balaban J connectivity index is 0.669. The van der Waals surface area contributed by atoms with E-state index in [0.29, 0.717) is 69.6 Å². The van der Waals surface area contributed by atoms with Crippen LogP contribution in [0.4, 0.5) is 16.2 Å². The molecule has 3 aliphatic rings. The van der Waals surface area contributed by atoms with Crippen molar-refractivity contribution in [3.05, 3.63) is 126 Å². The van der Waals surface area contributed by atoms with E-state index in [4.69, 9.17) is 39.4 Å². The first-order chi connectivity index (χ1) is 35.7. The van der Waals surface area contributed by atoms with E-state index in [9.17, 15) is 9.59 Å². The van der Waals surface area contributed by atoms with Gasteiger partial charge in [-0.15, -0.1) is 0 Å². The molecule has 4 N–H and O–H groups in total. The smallest absolute Gasteiger partial charge is 0.412 e. The first-order valence-electron chi connectivity index (χ1n) is 24.8. The van der Waals surface area contributed by atoms with Crippen molar-refractivity contribution in [3.63, 3.8) is 0 Å². The number of amides is 2. The lowest BCUT2D eigenvalue weighted by molar-refractivity contribution is -0.0200. The maximum absolute atomic E-state index is 14.2. The number of H-pyrrole nitrogens is 2. The van der Waals surface area contributed by atoms with Gasteiger partial charge in [0.05, 0.1) is 67.1 Å². The zero-order valence-corrected chi connectivity index (χ0v) is 42.9. The molecule has 0 saturated carbocycles. The Bertz CT molecular complexity index is 3050. The molecule has 2 aromatic heterocycles. The summed E-state index contributed by atoms with van der Waals surface area (Å²) in [5.74, 6) is 2.77. The number of anilines is 2. The van der Waals surface area contributed by atoms with Crippen LogP contribution in [0, 0.1) is 0 Å². The number of ether oxygens (including phenoxy) is 5. The Morgan fingerprint density at radius 2 is 1.55 bits per heavy atom. The Labute approximate surface area is 432 Å². The number of hydrogen-bond acceptors (Lipinski definition) is 14. The lowest BCUT2D eigenvalue weighted by atomic mass is 10.1. The number of imidazole rings is 2. The van der Waals surface area contributed by atoms with Gasteiger partial charge in [-0.25, -0.2) is 14.8 Å². The van der Waals surface area contributed by atoms with Gasteiger partial charge < -0.3 is 54.1 Å². The van der Waals surface area contributed by atoms with Gasteiger partial charge in [0.15, 0.2) is 17.7 Å². The summed E-state index contributed by atoms with van der Waals surface area (Å²) in [4.78, 5) is 53.5. The van der Waals surface area contributed by atoms with Crippen molar-refractivity contribution >= 4 is 67.0 Å². The molecule has 10 rings (SSSR count). The minimum absolute atomic E-state index is 0.248. The highest BCUT2D eigenvalue weighted by atomic mass is 33.1. The van der Waals surface area contributed by atoms with Crippen LogP contribution in [0.1, 0.15) is 28.8 Å². The number of likely N-dealkylation sites (N-methyl/N-ethyl adjacent to an activating group) is 1. The molecule has 0 aliphatic carbocycles. The fraction of sp³-hybridized carbons (Fsp3) is 0.345. The molecule has 380 valence electrons. The van der Waals surface area contributed by atoms with E-state index in [1.54, 1.807) is 43.5 Å². The predicted octanol–water partition coefficient (Wildman–Crippen LogP) is 9.15. The maximum Gasteiger partial charge on any atom is 0.412 e. The average molecular weight is 1020 g/mol. The molecule has 1 unspecified atom stereocenters. The highest BCUT2D eigenvalue weighted by Gasteiger charge is 2.45. The van der Waals surface area contributed by atoms with E-state index in [2.05, 4.69) is 88.0 Å². The van der Waals surface area contributed by atoms with Crippen LogP contribution >= 0.6 is 21.6 Å². The molecule has 0 radical (unpaired) electrons. The number of aromatic nitrogens is 4. The molecule has 2 atom stereocenters. The summed E-state index contributed by atoms with van der Waals surface area (Å²) in [5.41, 5.74) is 16.1. The number of benzene rings is 5. The molecule has 16 nitrogen and oxygen atoms in total. The average Bonchev–Trinajstić information content (AvgIpc) is 4.24. The first-order valence-corrected chi connectivity index (χ1v) is 27.1. The summed E-state index contributed by atoms with van der Waals surface area (Å²) >= 11 is 0. The van der Waals surface area contributed by atoms with Gasteiger partial charge in [-0.3, -0.25) is 9.69 Å². The molecule has 0 bridgehead atoms. The molecule has 7 aromatic rings. The molecule has 0 spiro atoms. The Morgan fingerprint density at radius 3 is 2.33 bits per heavy atom. The van der Waals surface area contributed by atoms with Gasteiger partial charge in [0.25, 0.3) is 5.91 Å². The monoisotopic (exact) mass is 1020 g/mol. The quantitative estimate of drug-likeness (QED) is 0.0303. The minimum atomic E-state index is -0.683. The Kier molecular flexibility index (Phi) is 15.7. The van der Waals surface area contributed by atoms with Crippen LogP contribution in [0.15, 0.2) is 120 Å².